The van der Waals surface area contributed by atoms with Gasteiger partial charge in [-0.05, 0) is 43.2 Å². The van der Waals surface area contributed by atoms with Crippen LogP contribution in [0.4, 0.5) is 34.5 Å². The summed E-state index contributed by atoms with van der Waals surface area (Å²) < 4.78 is 13.6. The van der Waals surface area contributed by atoms with Gasteiger partial charge in [0, 0.05) is 36.1 Å². The third-order valence-corrected chi connectivity index (χ3v) is 6.51. The van der Waals surface area contributed by atoms with E-state index >= 15 is 0 Å². The Morgan fingerprint density at radius 2 is 1.94 bits per heavy atom. The normalized spacial score (nSPS) is 14.1. The Hall–Kier alpha value is -4.01. The lowest BCUT2D eigenvalue weighted by molar-refractivity contribution is 0.600. The summed E-state index contributed by atoms with van der Waals surface area (Å²) in [5, 5.41) is 20.4. The Bertz CT molecular complexity index is 1390. The fourth-order valence-electron chi connectivity index (χ4n) is 4.22. The SMILES string of the molecule is C[S+]([O-])Cc1cc(Nc2cc(Nc3ccc(N)cn3)n3ncc(C#N)c3n2)ccc1N1CCCC1. The van der Waals surface area contributed by atoms with E-state index in [0.29, 0.717) is 40.1 Å². The van der Waals surface area contributed by atoms with Crippen molar-refractivity contribution in [1.29, 1.82) is 5.26 Å². The lowest BCUT2D eigenvalue weighted by Gasteiger charge is -2.22. The summed E-state index contributed by atoms with van der Waals surface area (Å²) in [4.78, 5) is 11.3. The number of nitrogens with zero attached hydrogens (tertiary/aromatic N) is 6. The first-order valence-corrected chi connectivity index (χ1v) is 13.0. The molecule has 1 fully saturated rings. The van der Waals surface area contributed by atoms with E-state index < -0.39 is 11.2 Å². The number of anilines is 6. The van der Waals surface area contributed by atoms with Crippen LogP contribution < -0.4 is 21.3 Å². The number of nitriles is 1. The summed E-state index contributed by atoms with van der Waals surface area (Å²) in [5.41, 5.74) is 10.1. The zero-order valence-electron chi connectivity index (χ0n) is 19.2. The van der Waals surface area contributed by atoms with Crippen LogP contribution in [-0.2, 0) is 16.9 Å². The lowest BCUT2D eigenvalue weighted by atomic mass is 10.1. The average Bonchev–Trinajstić information content (AvgIpc) is 3.51. The molecule has 0 spiro atoms. The molecule has 1 atom stereocenters. The minimum atomic E-state index is -0.971. The molecular formula is C24H25N9OS. The van der Waals surface area contributed by atoms with Crippen LogP contribution in [-0.4, -0.2) is 43.5 Å². The van der Waals surface area contributed by atoms with Gasteiger partial charge in [-0.15, -0.1) is 0 Å². The van der Waals surface area contributed by atoms with Crippen molar-refractivity contribution < 1.29 is 4.55 Å². The highest BCUT2D eigenvalue weighted by Gasteiger charge is 2.19. The molecule has 178 valence electrons. The standard InChI is InChI=1S/C24H25N9OS/c1-35(34)15-16-10-19(5-6-20(16)32-8-2-3-9-32)29-22-11-23(30-21-7-4-18(26)14-27-21)33-24(31-22)17(12-25)13-28-33/h4-7,10-11,13-14H,2-3,8-9,15,26H2,1H3,(H,27,30)(H,29,31). The smallest absolute Gasteiger partial charge is 0.177 e. The summed E-state index contributed by atoms with van der Waals surface area (Å²) in [6.45, 7) is 2.03. The molecule has 10 nitrogen and oxygen atoms in total. The van der Waals surface area contributed by atoms with Crippen LogP contribution in [0.2, 0.25) is 0 Å². The average molecular weight is 488 g/mol. The minimum Gasteiger partial charge on any atom is -0.616 e. The van der Waals surface area contributed by atoms with E-state index in [2.05, 4.69) is 42.7 Å². The number of nitrogen functional groups attached to an aromatic ring is 1. The van der Waals surface area contributed by atoms with Crippen molar-refractivity contribution in [2.45, 2.75) is 18.6 Å². The number of nitrogens with two attached hydrogens (primary N) is 1. The summed E-state index contributed by atoms with van der Waals surface area (Å²) in [7, 11) is 0. The molecule has 1 unspecified atom stereocenters. The Labute approximate surface area is 206 Å². The molecule has 5 rings (SSSR count). The van der Waals surface area contributed by atoms with Crippen LogP contribution in [0.1, 0.15) is 24.0 Å². The summed E-state index contributed by atoms with van der Waals surface area (Å²) in [6.07, 6.45) is 7.10. The van der Waals surface area contributed by atoms with E-state index in [1.165, 1.54) is 19.0 Å². The Kier molecular flexibility index (Phi) is 6.31. The van der Waals surface area contributed by atoms with E-state index in [9.17, 15) is 9.81 Å². The maximum atomic E-state index is 12.1. The van der Waals surface area contributed by atoms with Crippen LogP contribution in [0.3, 0.4) is 0 Å². The fraction of sp³-hybridized carbons (Fsp3) is 0.250. The van der Waals surface area contributed by atoms with Gasteiger partial charge in [-0.1, -0.05) is 11.2 Å². The van der Waals surface area contributed by atoms with E-state index in [1.54, 1.807) is 35.2 Å². The van der Waals surface area contributed by atoms with Crippen LogP contribution >= 0.6 is 0 Å². The van der Waals surface area contributed by atoms with Gasteiger partial charge >= 0.3 is 0 Å². The van der Waals surface area contributed by atoms with Gasteiger partial charge in [0.15, 0.2) is 5.65 Å². The number of benzene rings is 1. The van der Waals surface area contributed by atoms with Crippen molar-refractivity contribution >= 4 is 51.3 Å². The van der Waals surface area contributed by atoms with Crippen molar-refractivity contribution in [2.24, 2.45) is 0 Å². The van der Waals surface area contributed by atoms with E-state index in [0.717, 1.165) is 30.0 Å². The zero-order valence-corrected chi connectivity index (χ0v) is 20.0. The minimum absolute atomic E-state index is 0.355. The van der Waals surface area contributed by atoms with E-state index in [4.69, 9.17) is 5.73 Å². The van der Waals surface area contributed by atoms with Gasteiger partial charge in [0.2, 0.25) is 0 Å². The third-order valence-electron chi connectivity index (χ3n) is 5.79. The van der Waals surface area contributed by atoms with Crippen molar-refractivity contribution in [1.82, 2.24) is 19.6 Å². The van der Waals surface area contributed by atoms with Gasteiger partial charge in [-0.2, -0.15) is 14.9 Å². The molecule has 0 bridgehead atoms. The van der Waals surface area contributed by atoms with Crippen LogP contribution in [0.15, 0.2) is 48.8 Å². The van der Waals surface area contributed by atoms with Gasteiger partial charge in [0.25, 0.3) is 0 Å². The molecule has 0 radical (unpaired) electrons. The predicted molar refractivity (Wildman–Crippen MR) is 139 cm³/mol. The molecule has 4 heterocycles. The Morgan fingerprint density at radius 3 is 2.66 bits per heavy atom. The maximum Gasteiger partial charge on any atom is 0.177 e. The Morgan fingerprint density at radius 1 is 1.11 bits per heavy atom. The first-order valence-electron chi connectivity index (χ1n) is 11.2. The van der Waals surface area contributed by atoms with Crippen molar-refractivity contribution in [3.05, 3.63) is 59.9 Å². The molecule has 11 heteroatoms. The van der Waals surface area contributed by atoms with E-state index in [1.807, 2.05) is 12.1 Å². The van der Waals surface area contributed by atoms with Gasteiger partial charge < -0.3 is 25.8 Å². The second-order valence-corrected chi connectivity index (χ2v) is 9.85. The zero-order chi connectivity index (χ0) is 24.4. The second-order valence-electron chi connectivity index (χ2n) is 8.41. The Balaban J connectivity index is 1.50. The number of pyridine rings is 1. The quantitative estimate of drug-likeness (QED) is 0.333. The topological polar surface area (TPSA) is 143 Å². The molecule has 1 aliphatic heterocycles. The highest BCUT2D eigenvalue weighted by Crippen LogP contribution is 2.31. The molecule has 1 aromatic carbocycles. The van der Waals surface area contributed by atoms with Crippen molar-refractivity contribution in [2.75, 3.05) is 40.6 Å². The maximum absolute atomic E-state index is 12.1. The molecule has 1 aliphatic rings. The van der Waals surface area contributed by atoms with Gasteiger partial charge in [0.05, 0.1) is 24.3 Å². The first kappa shape index (κ1) is 22.8. The monoisotopic (exact) mass is 487 g/mol. The van der Waals surface area contributed by atoms with Crippen LogP contribution in [0.25, 0.3) is 5.65 Å². The van der Waals surface area contributed by atoms with Crippen molar-refractivity contribution in [3.8, 4) is 6.07 Å². The van der Waals surface area contributed by atoms with Gasteiger partial charge in [-0.3, -0.25) is 0 Å². The van der Waals surface area contributed by atoms with E-state index in [-0.39, 0.29) is 0 Å². The van der Waals surface area contributed by atoms with Crippen molar-refractivity contribution in [3.63, 3.8) is 0 Å². The summed E-state index contributed by atoms with van der Waals surface area (Å²) in [5.74, 6) is 2.17. The van der Waals surface area contributed by atoms with Crippen LogP contribution in [0.5, 0.6) is 0 Å². The number of hydrogen-bond acceptors (Lipinski definition) is 9. The number of hydrogen-bond donors (Lipinski definition) is 3. The molecular weight excluding hydrogens is 462 g/mol. The fourth-order valence-corrected chi connectivity index (χ4v) is 4.89. The molecule has 0 saturated carbocycles. The number of rotatable bonds is 7. The molecule has 3 aromatic heterocycles. The van der Waals surface area contributed by atoms with Gasteiger partial charge in [0.1, 0.15) is 34.8 Å². The number of nitrogens with one attached hydrogen (secondary N) is 2. The molecule has 35 heavy (non-hydrogen) atoms. The third kappa shape index (κ3) is 4.94. The molecule has 1 saturated heterocycles. The second kappa shape index (κ2) is 9.69. The molecule has 0 aliphatic carbocycles. The predicted octanol–water partition coefficient (Wildman–Crippen LogP) is 3.54. The summed E-state index contributed by atoms with van der Waals surface area (Å²) >= 11 is -0.971. The summed E-state index contributed by atoms with van der Waals surface area (Å²) in [6, 6.07) is 13.5. The highest BCUT2D eigenvalue weighted by molar-refractivity contribution is 7.89. The largest absolute Gasteiger partial charge is 0.616 e. The lowest BCUT2D eigenvalue weighted by Crippen LogP contribution is -2.20. The van der Waals surface area contributed by atoms with Gasteiger partial charge in [-0.25, -0.2) is 9.97 Å². The molecule has 0 amide bonds. The molecule has 4 aromatic rings. The number of aromatic nitrogens is 4. The first-order chi connectivity index (χ1) is 17.0. The highest BCUT2D eigenvalue weighted by atomic mass is 32.2. The number of fused-ring (bicyclic) bond motifs is 1. The molecule has 4 N–H and O–H groups in total. The van der Waals surface area contributed by atoms with Crippen LogP contribution in [0, 0.1) is 11.3 Å².